The maximum atomic E-state index is 13.6. The van der Waals surface area contributed by atoms with Crippen molar-refractivity contribution in [2.75, 3.05) is 13.1 Å². The van der Waals surface area contributed by atoms with E-state index < -0.39 is 5.41 Å². The Morgan fingerprint density at radius 2 is 1.69 bits per heavy atom. The highest BCUT2D eigenvalue weighted by molar-refractivity contribution is 6.00. The average molecular weight is 465 g/mol. The number of hydrogen-bond donors (Lipinski definition) is 1. The van der Waals surface area contributed by atoms with Gasteiger partial charge in [-0.3, -0.25) is 9.59 Å². The smallest absolute Gasteiger partial charge is 0.256 e. The molecule has 2 aromatic carbocycles. The van der Waals surface area contributed by atoms with E-state index in [-0.39, 0.29) is 23.8 Å². The minimum atomic E-state index is -0.446. The number of imidazole rings is 1. The van der Waals surface area contributed by atoms with E-state index in [0.717, 1.165) is 30.3 Å². The fraction of sp³-hybridized carbons (Fsp3) is 0.276. The first-order chi connectivity index (χ1) is 17.2. The normalized spacial score (nSPS) is 21.0. The van der Waals surface area contributed by atoms with E-state index in [1.807, 2.05) is 76.2 Å². The average Bonchev–Trinajstić information content (AvgIpc) is 3.59. The van der Waals surface area contributed by atoms with Crippen LogP contribution < -0.4 is 5.32 Å². The zero-order valence-corrected chi connectivity index (χ0v) is 19.5. The summed E-state index contributed by atoms with van der Waals surface area (Å²) in [5.41, 5.74) is 3.26. The number of hydrogen-bond acceptors (Lipinski definition) is 3. The van der Waals surface area contributed by atoms with Gasteiger partial charge in [-0.05, 0) is 42.5 Å². The molecule has 35 heavy (non-hydrogen) atoms. The lowest BCUT2D eigenvalue weighted by Gasteiger charge is -2.40. The Morgan fingerprint density at radius 3 is 2.43 bits per heavy atom. The molecule has 1 N–H and O–H groups in total. The number of nitrogens with zero attached hydrogens (tertiary/aromatic N) is 3. The number of pyridine rings is 1. The predicted molar refractivity (Wildman–Crippen MR) is 134 cm³/mol. The molecule has 1 aliphatic heterocycles. The zero-order chi connectivity index (χ0) is 23.8. The molecule has 0 radical (unpaired) electrons. The number of aromatic nitrogens is 2. The molecule has 2 amide bonds. The van der Waals surface area contributed by atoms with Gasteiger partial charge in [0, 0.05) is 25.2 Å². The van der Waals surface area contributed by atoms with E-state index in [2.05, 4.69) is 22.4 Å². The summed E-state index contributed by atoms with van der Waals surface area (Å²) in [6.07, 6.45) is 7.83. The quantitative estimate of drug-likeness (QED) is 0.482. The highest BCUT2D eigenvalue weighted by Crippen LogP contribution is 2.48. The van der Waals surface area contributed by atoms with E-state index >= 15 is 0 Å². The number of carbonyl (C=O) groups is 2. The van der Waals surface area contributed by atoms with Crippen molar-refractivity contribution >= 4 is 17.3 Å². The van der Waals surface area contributed by atoms with Crippen molar-refractivity contribution in [3.05, 3.63) is 108 Å². The van der Waals surface area contributed by atoms with Gasteiger partial charge in [-0.2, -0.15) is 0 Å². The summed E-state index contributed by atoms with van der Waals surface area (Å²) in [6, 6.07) is 24.0. The summed E-state index contributed by atoms with van der Waals surface area (Å²) in [4.78, 5) is 33.3. The number of likely N-dealkylation sites (tertiary alicyclic amines) is 1. The number of benzene rings is 2. The fourth-order valence-electron chi connectivity index (χ4n) is 5.52. The molecule has 1 saturated carbocycles. The summed E-state index contributed by atoms with van der Waals surface area (Å²) < 4.78 is 1.86. The van der Waals surface area contributed by atoms with Crippen LogP contribution in [0.15, 0.2) is 91.5 Å². The number of rotatable bonds is 5. The number of carbonyl (C=O) groups excluding carboxylic acids is 2. The Morgan fingerprint density at radius 1 is 0.943 bits per heavy atom. The van der Waals surface area contributed by atoms with Crippen molar-refractivity contribution < 1.29 is 9.59 Å². The Balaban J connectivity index is 1.28. The Labute approximate surface area is 204 Å². The third kappa shape index (κ3) is 3.89. The van der Waals surface area contributed by atoms with Gasteiger partial charge < -0.3 is 14.6 Å². The van der Waals surface area contributed by atoms with Gasteiger partial charge in [0.15, 0.2) is 0 Å². The molecule has 0 unspecified atom stereocenters. The molecule has 4 aromatic rings. The van der Waals surface area contributed by atoms with Gasteiger partial charge >= 0.3 is 0 Å². The van der Waals surface area contributed by atoms with Gasteiger partial charge in [-0.15, -0.1) is 0 Å². The van der Waals surface area contributed by atoms with E-state index in [0.29, 0.717) is 18.7 Å². The molecular formula is C29H28N4O2. The molecule has 176 valence electrons. The molecule has 1 saturated heterocycles. The number of piperidine rings is 1. The molecule has 2 aromatic heterocycles. The van der Waals surface area contributed by atoms with E-state index in [4.69, 9.17) is 0 Å². The summed E-state index contributed by atoms with van der Waals surface area (Å²) in [5.74, 6) is 0.203. The number of nitrogens with one attached hydrogen (secondary N) is 1. The molecule has 3 heterocycles. The monoisotopic (exact) mass is 464 g/mol. The van der Waals surface area contributed by atoms with E-state index in [1.165, 1.54) is 5.56 Å². The van der Waals surface area contributed by atoms with Gasteiger partial charge in [0.1, 0.15) is 0 Å². The minimum absolute atomic E-state index is 0.0222. The zero-order valence-electron chi connectivity index (χ0n) is 19.5. The highest BCUT2D eigenvalue weighted by atomic mass is 16.2. The van der Waals surface area contributed by atoms with Crippen LogP contribution in [-0.2, 0) is 10.2 Å². The van der Waals surface area contributed by atoms with Crippen LogP contribution in [0.4, 0.5) is 0 Å². The number of fused-ring (bicyclic) bond motifs is 1. The molecular weight excluding hydrogens is 436 g/mol. The Hall–Kier alpha value is -3.93. The summed E-state index contributed by atoms with van der Waals surface area (Å²) in [7, 11) is 0. The molecule has 1 aliphatic carbocycles. The van der Waals surface area contributed by atoms with Gasteiger partial charge in [0.25, 0.3) is 5.91 Å². The fourth-order valence-corrected chi connectivity index (χ4v) is 5.52. The van der Waals surface area contributed by atoms with Gasteiger partial charge in [0.05, 0.1) is 35.1 Å². The lowest BCUT2D eigenvalue weighted by atomic mass is 9.84. The van der Waals surface area contributed by atoms with Crippen molar-refractivity contribution in [3.8, 4) is 0 Å². The van der Waals surface area contributed by atoms with Crippen LogP contribution in [-0.4, -0.2) is 45.2 Å². The molecule has 2 aliphatic rings. The first-order valence-electron chi connectivity index (χ1n) is 12.3. The van der Waals surface area contributed by atoms with Crippen molar-refractivity contribution in [1.29, 1.82) is 0 Å². The Bertz CT molecular complexity index is 1360. The molecule has 6 nitrogen and oxygen atoms in total. The second-order valence-electron chi connectivity index (χ2n) is 9.69. The lowest BCUT2D eigenvalue weighted by Crippen LogP contribution is -2.55. The maximum absolute atomic E-state index is 13.6. The number of amides is 2. The van der Waals surface area contributed by atoms with Crippen LogP contribution in [0.1, 0.15) is 46.7 Å². The third-order valence-electron chi connectivity index (χ3n) is 7.64. The van der Waals surface area contributed by atoms with Crippen LogP contribution >= 0.6 is 0 Å². The largest absolute Gasteiger partial charge is 0.350 e. The van der Waals surface area contributed by atoms with Crippen LogP contribution in [0.5, 0.6) is 0 Å². The van der Waals surface area contributed by atoms with Crippen molar-refractivity contribution in [1.82, 2.24) is 19.6 Å². The third-order valence-corrected chi connectivity index (χ3v) is 7.64. The highest BCUT2D eigenvalue weighted by Gasteiger charge is 2.52. The van der Waals surface area contributed by atoms with Crippen molar-refractivity contribution in [2.24, 2.45) is 0 Å². The maximum Gasteiger partial charge on any atom is 0.256 e. The second-order valence-corrected chi connectivity index (χ2v) is 9.69. The SMILES string of the molecule is O=C(c1cccn2cncc12)N1CC[C@@H](c2ccccc2)[C@H](NC(=O)C2(c3ccccc3)CC2)C1. The standard InChI is InChI=1S/C29H28N4O2/c34-27(24-12-7-16-33-20-30-18-26(24)33)32-17-13-23(21-8-3-1-4-9-21)25(19-32)31-28(35)29(14-15-29)22-10-5-2-6-11-22/h1-12,16,18,20,23,25H,13-15,17,19H2,(H,31,35)/t23-,25+/m0/s1. The van der Waals surface area contributed by atoms with Crippen LogP contribution in [0.25, 0.3) is 5.52 Å². The summed E-state index contributed by atoms with van der Waals surface area (Å²) in [6.45, 7) is 1.12. The molecule has 2 atom stereocenters. The summed E-state index contributed by atoms with van der Waals surface area (Å²) >= 11 is 0. The minimum Gasteiger partial charge on any atom is -0.350 e. The van der Waals surface area contributed by atoms with Crippen molar-refractivity contribution in [3.63, 3.8) is 0 Å². The molecule has 2 fully saturated rings. The van der Waals surface area contributed by atoms with Crippen LogP contribution in [0.3, 0.4) is 0 Å². The van der Waals surface area contributed by atoms with Crippen LogP contribution in [0.2, 0.25) is 0 Å². The molecule has 6 rings (SSSR count). The lowest BCUT2D eigenvalue weighted by molar-refractivity contribution is -0.124. The first kappa shape index (κ1) is 21.6. The van der Waals surface area contributed by atoms with Crippen molar-refractivity contribution in [2.45, 2.75) is 36.6 Å². The Kier molecular flexibility index (Phi) is 5.36. The van der Waals surface area contributed by atoms with Gasteiger partial charge in [0.2, 0.25) is 5.91 Å². The first-order valence-corrected chi connectivity index (χ1v) is 12.3. The molecule has 0 spiro atoms. The van der Waals surface area contributed by atoms with E-state index in [1.54, 1.807) is 12.5 Å². The predicted octanol–water partition coefficient (Wildman–Crippen LogP) is 4.18. The molecule has 0 bridgehead atoms. The van der Waals surface area contributed by atoms with Gasteiger partial charge in [-0.1, -0.05) is 60.7 Å². The summed E-state index contributed by atoms with van der Waals surface area (Å²) in [5, 5.41) is 3.39. The second kappa shape index (κ2) is 8.69. The van der Waals surface area contributed by atoms with Gasteiger partial charge in [-0.25, -0.2) is 4.98 Å². The van der Waals surface area contributed by atoms with E-state index in [9.17, 15) is 9.59 Å². The topological polar surface area (TPSA) is 66.7 Å². The van der Waals surface area contributed by atoms with Crippen LogP contribution in [0, 0.1) is 0 Å². The molecule has 6 heteroatoms.